The molecule has 9 heteroatoms. The summed E-state index contributed by atoms with van der Waals surface area (Å²) in [5.41, 5.74) is 1.27. The number of nitrogens with zero attached hydrogens (tertiary/aromatic N) is 1. The molecule has 0 radical (unpaired) electrons. The topological polar surface area (TPSA) is 50.8 Å². The van der Waals surface area contributed by atoms with Gasteiger partial charge in [-0.15, -0.1) is 0 Å². The molecule has 2 aliphatic heterocycles. The molecule has 4 rings (SSSR count). The number of ether oxygens (including phenoxy) is 2. The van der Waals surface area contributed by atoms with Crippen molar-refractivity contribution in [2.75, 3.05) is 26.2 Å². The van der Waals surface area contributed by atoms with E-state index in [2.05, 4.69) is 10.2 Å². The first-order valence-corrected chi connectivity index (χ1v) is 10.2. The van der Waals surface area contributed by atoms with E-state index in [0.717, 1.165) is 23.3 Å². The average Bonchev–Trinajstić information content (AvgIpc) is 3.17. The summed E-state index contributed by atoms with van der Waals surface area (Å²) in [6.07, 6.45) is -3.67. The third-order valence-corrected chi connectivity index (χ3v) is 5.42. The second kappa shape index (κ2) is 9.40. The van der Waals surface area contributed by atoms with Crippen molar-refractivity contribution in [3.8, 4) is 0 Å². The zero-order chi connectivity index (χ0) is 22.7. The summed E-state index contributed by atoms with van der Waals surface area (Å²) in [6.45, 7) is 1.75. The normalized spacial score (nSPS) is 22.0. The van der Waals surface area contributed by atoms with Crippen LogP contribution in [0.15, 0.2) is 60.2 Å². The summed E-state index contributed by atoms with van der Waals surface area (Å²) in [5.74, 6) is -0.532. The third-order valence-electron chi connectivity index (χ3n) is 5.42. The Morgan fingerprint density at radius 1 is 1.16 bits per heavy atom. The summed E-state index contributed by atoms with van der Waals surface area (Å²) in [7, 11) is 0. The van der Waals surface area contributed by atoms with Gasteiger partial charge in [-0.1, -0.05) is 24.3 Å². The fourth-order valence-corrected chi connectivity index (χ4v) is 3.90. The molecule has 170 valence electrons. The van der Waals surface area contributed by atoms with Gasteiger partial charge in [-0.05, 0) is 41.0 Å². The predicted molar refractivity (Wildman–Crippen MR) is 108 cm³/mol. The van der Waals surface area contributed by atoms with Crippen molar-refractivity contribution in [1.82, 2.24) is 10.2 Å². The summed E-state index contributed by atoms with van der Waals surface area (Å²) in [5, 5.41) is 2.73. The van der Waals surface area contributed by atoms with Crippen LogP contribution in [0.4, 0.5) is 17.6 Å². The first-order valence-electron chi connectivity index (χ1n) is 10.2. The predicted octanol–water partition coefficient (Wildman–Crippen LogP) is 3.82. The lowest BCUT2D eigenvalue weighted by atomic mass is 10.0. The molecule has 2 aliphatic rings. The number of carbonyl (C=O) groups excluding carboxylic acids is 1. The average molecular weight is 450 g/mol. The fraction of sp³-hybridized carbons (Fsp3) is 0.348. The van der Waals surface area contributed by atoms with E-state index in [-0.39, 0.29) is 18.3 Å². The monoisotopic (exact) mass is 450 g/mol. The van der Waals surface area contributed by atoms with Gasteiger partial charge in [-0.25, -0.2) is 4.39 Å². The van der Waals surface area contributed by atoms with Gasteiger partial charge in [0.25, 0.3) is 0 Å². The number of alkyl halides is 3. The van der Waals surface area contributed by atoms with Gasteiger partial charge in [-0.3, -0.25) is 9.69 Å². The molecule has 1 N–H and O–H groups in total. The molecule has 0 aromatic heterocycles. The molecule has 0 saturated carbocycles. The van der Waals surface area contributed by atoms with Crippen molar-refractivity contribution in [3.63, 3.8) is 0 Å². The molecular weight excluding hydrogens is 428 g/mol. The number of nitrogens with one attached hydrogen (secondary N) is 1. The maximum atomic E-state index is 13.5. The maximum Gasteiger partial charge on any atom is 0.416 e. The number of benzene rings is 2. The van der Waals surface area contributed by atoms with Gasteiger partial charge in [0.1, 0.15) is 5.82 Å². The summed E-state index contributed by atoms with van der Waals surface area (Å²) in [6, 6.07) is 10.5. The van der Waals surface area contributed by atoms with Crippen molar-refractivity contribution in [3.05, 3.63) is 82.7 Å². The molecule has 0 aliphatic carbocycles. The van der Waals surface area contributed by atoms with Crippen LogP contribution in [0, 0.1) is 5.82 Å². The number of halogens is 4. The Kier molecular flexibility index (Phi) is 6.59. The van der Waals surface area contributed by atoms with Crippen LogP contribution in [-0.2, 0) is 27.1 Å². The second-order valence-corrected chi connectivity index (χ2v) is 7.74. The zero-order valence-corrected chi connectivity index (χ0v) is 17.1. The van der Waals surface area contributed by atoms with Gasteiger partial charge in [0, 0.05) is 25.7 Å². The molecular formula is C23H22F4N2O3. The number of carbonyl (C=O) groups is 1. The molecule has 2 aromatic rings. The molecule has 2 aromatic carbocycles. The Balaban J connectivity index is 1.54. The molecule has 0 spiro atoms. The van der Waals surface area contributed by atoms with Crippen LogP contribution in [-0.4, -0.2) is 43.3 Å². The van der Waals surface area contributed by atoms with Gasteiger partial charge in [0.15, 0.2) is 6.29 Å². The first-order chi connectivity index (χ1) is 15.3. The van der Waals surface area contributed by atoms with E-state index >= 15 is 0 Å². The van der Waals surface area contributed by atoms with Crippen LogP contribution in [0.5, 0.6) is 0 Å². The highest BCUT2D eigenvalue weighted by atomic mass is 19.4. The summed E-state index contributed by atoms with van der Waals surface area (Å²) in [4.78, 5) is 13.6. The van der Waals surface area contributed by atoms with Gasteiger partial charge in [-0.2, -0.15) is 13.2 Å². The van der Waals surface area contributed by atoms with Gasteiger partial charge >= 0.3 is 6.18 Å². The molecule has 1 saturated heterocycles. The van der Waals surface area contributed by atoms with E-state index < -0.39 is 24.1 Å². The molecule has 2 atom stereocenters. The SMILES string of the molecule is O=C1C=C(CN2CCO[C@H](OCc3cccc(C(F)(F)F)c3)[C@@H]2c2ccc(F)cc2)CN1. The van der Waals surface area contributed by atoms with Crippen molar-refractivity contribution >= 4 is 5.91 Å². The Hall–Kier alpha value is -2.75. The minimum absolute atomic E-state index is 0.0805. The van der Waals surface area contributed by atoms with Crippen molar-refractivity contribution < 1.29 is 31.8 Å². The molecule has 0 unspecified atom stereocenters. The first kappa shape index (κ1) is 22.4. The van der Waals surface area contributed by atoms with Crippen LogP contribution in [0.2, 0.25) is 0 Å². The lowest BCUT2D eigenvalue weighted by Crippen LogP contribution is -2.47. The Morgan fingerprint density at radius 3 is 2.62 bits per heavy atom. The minimum atomic E-state index is -4.44. The largest absolute Gasteiger partial charge is 0.416 e. The lowest BCUT2D eigenvalue weighted by molar-refractivity contribution is -0.215. The quantitative estimate of drug-likeness (QED) is 0.680. The van der Waals surface area contributed by atoms with Crippen LogP contribution < -0.4 is 5.32 Å². The molecule has 1 fully saturated rings. The highest BCUT2D eigenvalue weighted by molar-refractivity contribution is 5.91. The van der Waals surface area contributed by atoms with E-state index in [0.29, 0.717) is 31.8 Å². The highest BCUT2D eigenvalue weighted by Gasteiger charge is 2.36. The van der Waals surface area contributed by atoms with E-state index in [1.54, 1.807) is 24.3 Å². The van der Waals surface area contributed by atoms with Gasteiger partial charge < -0.3 is 14.8 Å². The molecule has 1 amide bonds. The van der Waals surface area contributed by atoms with Gasteiger partial charge in [0.2, 0.25) is 5.91 Å². The Morgan fingerprint density at radius 2 is 1.94 bits per heavy atom. The number of morpholine rings is 1. The van der Waals surface area contributed by atoms with Crippen molar-refractivity contribution in [2.24, 2.45) is 0 Å². The van der Waals surface area contributed by atoms with E-state index in [1.807, 2.05) is 0 Å². The van der Waals surface area contributed by atoms with E-state index in [4.69, 9.17) is 9.47 Å². The second-order valence-electron chi connectivity index (χ2n) is 7.74. The fourth-order valence-electron chi connectivity index (χ4n) is 3.90. The van der Waals surface area contributed by atoms with Crippen molar-refractivity contribution in [1.29, 1.82) is 0 Å². The van der Waals surface area contributed by atoms with Crippen LogP contribution in [0.1, 0.15) is 22.7 Å². The number of hydrogen-bond donors (Lipinski definition) is 1. The maximum absolute atomic E-state index is 13.5. The zero-order valence-electron chi connectivity index (χ0n) is 17.1. The van der Waals surface area contributed by atoms with Crippen molar-refractivity contribution in [2.45, 2.75) is 25.1 Å². The number of amides is 1. The molecule has 5 nitrogen and oxygen atoms in total. The van der Waals surface area contributed by atoms with Crippen LogP contribution in [0.3, 0.4) is 0 Å². The summed E-state index contributed by atoms with van der Waals surface area (Å²) < 4.78 is 64.3. The highest BCUT2D eigenvalue weighted by Crippen LogP contribution is 2.33. The standard InChI is InChI=1S/C23H22F4N2O3/c24-19-6-4-17(5-7-19)21-22(31-9-8-29(21)13-16-11-20(30)28-12-16)32-14-15-2-1-3-18(10-15)23(25,26)27/h1-7,10-11,21-22H,8-9,12-14H2,(H,28,30)/t21-,22+/m0/s1. The number of hydrogen-bond acceptors (Lipinski definition) is 4. The van der Waals surface area contributed by atoms with Crippen LogP contribution in [0.25, 0.3) is 0 Å². The van der Waals surface area contributed by atoms with Gasteiger partial charge in [0.05, 0.1) is 24.8 Å². The molecule has 2 heterocycles. The Bertz CT molecular complexity index is 991. The lowest BCUT2D eigenvalue weighted by Gasteiger charge is -2.41. The molecule has 32 heavy (non-hydrogen) atoms. The number of rotatable bonds is 6. The van der Waals surface area contributed by atoms with Crippen LogP contribution >= 0.6 is 0 Å². The summed E-state index contributed by atoms with van der Waals surface area (Å²) >= 11 is 0. The smallest absolute Gasteiger partial charge is 0.349 e. The third kappa shape index (κ3) is 5.35. The Labute approximate surface area is 182 Å². The van der Waals surface area contributed by atoms with E-state index in [9.17, 15) is 22.4 Å². The minimum Gasteiger partial charge on any atom is -0.349 e. The van der Waals surface area contributed by atoms with E-state index in [1.165, 1.54) is 18.2 Å². The molecule has 0 bridgehead atoms.